The molecule has 2 aromatic rings. The van der Waals surface area contributed by atoms with E-state index < -0.39 is 0 Å². The molecule has 0 radical (unpaired) electrons. The van der Waals surface area contributed by atoms with Gasteiger partial charge in [-0.25, -0.2) is 0 Å². The van der Waals surface area contributed by atoms with Gasteiger partial charge in [-0.2, -0.15) is 4.98 Å². The maximum atomic E-state index is 5.64. The third-order valence-electron chi connectivity index (χ3n) is 2.60. The first-order valence-electron chi connectivity index (χ1n) is 5.53. The largest absolute Gasteiger partial charge is 0.484 e. The van der Waals surface area contributed by atoms with E-state index in [1.807, 2.05) is 24.3 Å². The monoisotopic (exact) mass is 342 g/mol. The maximum absolute atomic E-state index is 5.64. The van der Waals surface area contributed by atoms with Gasteiger partial charge in [0, 0.05) is 5.92 Å². The van der Waals surface area contributed by atoms with Gasteiger partial charge in [0.1, 0.15) is 5.75 Å². The van der Waals surface area contributed by atoms with Crippen LogP contribution in [0.2, 0.25) is 0 Å². The molecule has 5 heteroatoms. The van der Waals surface area contributed by atoms with Crippen molar-refractivity contribution < 1.29 is 9.26 Å². The molecule has 0 unspecified atom stereocenters. The second-order valence-corrected chi connectivity index (χ2v) is 5.20. The lowest BCUT2D eigenvalue weighted by molar-refractivity contribution is 0.283. The van der Waals surface area contributed by atoms with Gasteiger partial charge in [-0.3, -0.25) is 0 Å². The Morgan fingerprint density at radius 3 is 2.94 bits per heavy atom. The summed E-state index contributed by atoms with van der Waals surface area (Å²) in [5.41, 5.74) is 0. The molecule has 1 aliphatic carbocycles. The minimum atomic E-state index is 0.357. The van der Waals surface area contributed by atoms with Crippen LogP contribution in [0.15, 0.2) is 28.8 Å². The van der Waals surface area contributed by atoms with Crippen molar-refractivity contribution in [2.75, 3.05) is 0 Å². The zero-order valence-electron chi connectivity index (χ0n) is 9.10. The molecule has 1 saturated carbocycles. The third kappa shape index (κ3) is 2.59. The fraction of sp³-hybridized carbons (Fsp3) is 0.333. The summed E-state index contributed by atoms with van der Waals surface area (Å²) in [7, 11) is 0. The van der Waals surface area contributed by atoms with Crippen molar-refractivity contribution in [3.8, 4) is 5.75 Å². The van der Waals surface area contributed by atoms with Crippen molar-refractivity contribution in [3.63, 3.8) is 0 Å². The minimum Gasteiger partial charge on any atom is -0.484 e. The lowest BCUT2D eigenvalue weighted by atomic mass is 10.3. The summed E-state index contributed by atoms with van der Waals surface area (Å²) in [5, 5.41) is 3.91. The summed E-state index contributed by atoms with van der Waals surface area (Å²) in [5.74, 6) is 2.72. The van der Waals surface area contributed by atoms with E-state index in [4.69, 9.17) is 9.26 Å². The molecule has 1 fully saturated rings. The molecule has 3 rings (SSSR count). The van der Waals surface area contributed by atoms with Crippen LogP contribution in [0, 0.1) is 3.57 Å². The zero-order chi connectivity index (χ0) is 11.7. The van der Waals surface area contributed by atoms with Crippen molar-refractivity contribution >= 4 is 22.6 Å². The average molecular weight is 342 g/mol. The summed E-state index contributed by atoms with van der Waals surface area (Å²) in [6, 6.07) is 7.86. The van der Waals surface area contributed by atoms with E-state index in [0.717, 1.165) is 15.2 Å². The first-order valence-corrected chi connectivity index (χ1v) is 6.60. The number of hydrogen-bond acceptors (Lipinski definition) is 4. The molecule has 1 aliphatic rings. The van der Waals surface area contributed by atoms with E-state index in [9.17, 15) is 0 Å². The predicted octanol–water partition coefficient (Wildman–Crippen LogP) is 3.13. The molecule has 1 aromatic carbocycles. The Morgan fingerprint density at radius 2 is 2.18 bits per heavy atom. The Hall–Kier alpha value is -1.11. The number of para-hydroxylation sites is 1. The highest BCUT2D eigenvalue weighted by atomic mass is 127. The highest BCUT2D eigenvalue weighted by molar-refractivity contribution is 14.1. The van der Waals surface area contributed by atoms with Crippen molar-refractivity contribution in [2.24, 2.45) is 0 Å². The van der Waals surface area contributed by atoms with E-state index in [2.05, 4.69) is 32.7 Å². The van der Waals surface area contributed by atoms with Crippen LogP contribution < -0.4 is 4.74 Å². The van der Waals surface area contributed by atoms with Crippen molar-refractivity contribution in [1.29, 1.82) is 0 Å². The second kappa shape index (κ2) is 4.64. The SMILES string of the molecule is Ic1ccccc1OCc1noc(C2CC2)n1. The molecule has 1 aromatic heterocycles. The topological polar surface area (TPSA) is 48.2 Å². The van der Waals surface area contributed by atoms with Crippen molar-refractivity contribution in [2.45, 2.75) is 25.4 Å². The van der Waals surface area contributed by atoms with Gasteiger partial charge < -0.3 is 9.26 Å². The van der Waals surface area contributed by atoms with Crippen LogP contribution in [0.5, 0.6) is 5.75 Å². The van der Waals surface area contributed by atoms with Crippen molar-refractivity contribution in [3.05, 3.63) is 39.6 Å². The summed E-state index contributed by atoms with van der Waals surface area (Å²) in [6.45, 7) is 0.357. The van der Waals surface area contributed by atoms with Gasteiger partial charge in [0.2, 0.25) is 11.7 Å². The first-order chi connectivity index (χ1) is 8.33. The number of aromatic nitrogens is 2. The normalized spacial score (nSPS) is 14.9. The molecular formula is C12H11IN2O2. The van der Waals surface area contributed by atoms with Crippen LogP contribution in [-0.2, 0) is 6.61 Å². The molecule has 0 spiro atoms. The molecule has 0 amide bonds. The molecule has 1 heterocycles. The van der Waals surface area contributed by atoms with Gasteiger partial charge in [0.05, 0.1) is 3.57 Å². The van der Waals surface area contributed by atoms with E-state index in [-0.39, 0.29) is 0 Å². The molecule has 0 N–H and O–H groups in total. The summed E-state index contributed by atoms with van der Waals surface area (Å²) in [4.78, 5) is 4.31. The molecule has 0 aliphatic heterocycles. The van der Waals surface area contributed by atoms with Crippen LogP contribution >= 0.6 is 22.6 Å². The number of rotatable bonds is 4. The fourth-order valence-corrected chi connectivity index (χ4v) is 2.07. The van der Waals surface area contributed by atoms with E-state index >= 15 is 0 Å². The predicted molar refractivity (Wildman–Crippen MR) is 69.8 cm³/mol. The number of halogens is 1. The molecule has 0 atom stereocenters. The summed E-state index contributed by atoms with van der Waals surface area (Å²) >= 11 is 2.24. The average Bonchev–Trinajstić information content (AvgIpc) is 3.08. The summed E-state index contributed by atoms with van der Waals surface area (Å²) < 4.78 is 11.9. The number of nitrogens with zero attached hydrogens (tertiary/aromatic N) is 2. The van der Waals surface area contributed by atoms with Crippen LogP contribution in [0.25, 0.3) is 0 Å². The zero-order valence-corrected chi connectivity index (χ0v) is 11.3. The standard InChI is InChI=1S/C12H11IN2O2/c13-9-3-1-2-4-10(9)16-7-11-14-12(17-15-11)8-5-6-8/h1-4,8H,5-7H2. The number of hydrogen-bond donors (Lipinski definition) is 0. The van der Waals surface area contributed by atoms with E-state index in [0.29, 0.717) is 18.3 Å². The van der Waals surface area contributed by atoms with Gasteiger partial charge >= 0.3 is 0 Å². The molecule has 88 valence electrons. The van der Waals surface area contributed by atoms with Gasteiger partial charge in [0.25, 0.3) is 0 Å². The lowest BCUT2D eigenvalue weighted by Crippen LogP contribution is -1.98. The van der Waals surface area contributed by atoms with E-state index in [1.54, 1.807) is 0 Å². The lowest BCUT2D eigenvalue weighted by Gasteiger charge is -2.04. The first kappa shape index (κ1) is 11.0. The van der Waals surface area contributed by atoms with Crippen LogP contribution in [0.1, 0.15) is 30.5 Å². The maximum Gasteiger partial charge on any atom is 0.229 e. The Labute approximate surface area is 113 Å². The molecule has 0 saturated heterocycles. The number of ether oxygens (including phenoxy) is 1. The minimum absolute atomic E-state index is 0.357. The Bertz CT molecular complexity index is 523. The highest BCUT2D eigenvalue weighted by Gasteiger charge is 2.29. The van der Waals surface area contributed by atoms with Crippen molar-refractivity contribution in [1.82, 2.24) is 10.1 Å². The number of benzene rings is 1. The van der Waals surface area contributed by atoms with Crippen LogP contribution in [-0.4, -0.2) is 10.1 Å². The molecular weight excluding hydrogens is 331 g/mol. The van der Waals surface area contributed by atoms with Crippen LogP contribution in [0.4, 0.5) is 0 Å². The second-order valence-electron chi connectivity index (χ2n) is 4.04. The highest BCUT2D eigenvalue weighted by Crippen LogP contribution is 2.38. The fourth-order valence-electron chi connectivity index (χ4n) is 1.53. The summed E-state index contributed by atoms with van der Waals surface area (Å²) in [6.07, 6.45) is 2.33. The smallest absolute Gasteiger partial charge is 0.229 e. The Morgan fingerprint density at radius 1 is 1.35 bits per heavy atom. The Kier molecular flexibility index (Phi) is 3.00. The Balaban J connectivity index is 1.65. The van der Waals surface area contributed by atoms with Gasteiger partial charge in [-0.05, 0) is 47.6 Å². The quantitative estimate of drug-likeness (QED) is 0.801. The van der Waals surface area contributed by atoms with Gasteiger partial charge in [0.15, 0.2) is 6.61 Å². The van der Waals surface area contributed by atoms with E-state index in [1.165, 1.54) is 12.8 Å². The third-order valence-corrected chi connectivity index (χ3v) is 3.50. The molecule has 0 bridgehead atoms. The molecule has 4 nitrogen and oxygen atoms in total. The van der Waals surface area contributed by atoms with Crippen LogP contribution in [0.3, 0.4) is 0 Å². The van der Waals surface area contributed by atoms with Gasteiger partial charge in [-0.15, -0.1) is 0 Å². The molecule has 17 heavy (non-hydrogen) atoms. The van der Waals surface area contributed by atoms with Gasteiger partial charge in [-0.1, -0.05) is 17.3 Å².